The predicted molar refractivity (Wildman–Crippen MR) is 143 cm³/mol. The third-order valence-electron chi connectivity index (χ3n) is 7.05. The van der Waals surface area contributed by atoms with Crippen LogP contribution >= 0.6 is 0 Å². The molecule has 2 fully saturated rings. The maximum atomic E-state index is 13.7. The van der Waals surface area contributed by atoms with Crippen LogP contribution in [0.5, 0.6) is 0 Å². The molecule has 3 rings (SSSR count). The van der Waals surface area contributed by atoms with Crippen molar-refractivity contribution in [3.8, 4) is 0 Å². The van der Waals surface area contributed by atoms with Gasteiger partial charge >= 0.3 is 5.97 Å². The number of amides is 1. The van der Waals surface area contributed by atoms with E-state index in [4.69, 9.17) is 10.8 Å². The van der Waals surface area contributed by atoms with Crippen molar-refractivity contribution in [1.82, 2.24) is 15.3 Å². The molecule has 39 heavy (non-hydrogen) atoms. The molecule has 1 heterocycles. The number of allylic oxidation sites excluding steroid dienone is 5. The number of Topliss-reactive ketones (excluding diaryl/α,β-unsaturated/α-hetero) is 1. The number of carbonyl (C=O) groups excluding carboxylic acids is 2. The molecule has 0 radical (unpaired) electrons. The number of hydrogen-bond acceptors (Lipinski definition) is 7. The van der Waals surface area contributed by atoms with Crippen LogP contribution in [0.25, 0.3) is 0 Å². The van der Waals surface area contributed by atoms with E-state index in [1.54, 1.807) is 20.0 Å². The molecule has 0 bridgehead atoms. The van der Waals surface area contributed by atoms with Crippen molar-refractivity contribution in [3.05, 3.63) is 64.8 Å². The Morgan fingerprint density at radius 1 is 1.15 bits per heavy atom. The van der Waals surface area contributed by atoms with Gasteiger partial charge in [0.05, 0.1) is 0 Å². The lowest BCUT2D eigenvalue weighted by Gasteiger charge is -2.21. The lowest BCUT2D eigenvalue weighted by atomic mass is 9.87. The van der Waals surface area contributed by atoms with Crippen LogP contribution in [-0.2, 0) is 14.4 Å². The van der Waals surface area contributed by atoms with Crippen LogP contribution in [0.4, 0.5) is 14.7 Å². The highest BCUT2D eigenvalue weighted by molar-refractivity contribution is 6.09. The summed E-state index contributed by atoms with van der Waals surface area (Å²) in [5, 5.41) is 14.3. The lowest BCUT2D eigenvalue weighted by molar-refractivity contribution is -0.141. The Labute approximate surface area is 226 Å². The zero-order chi connectivity index (χ0) is 28.9. The number of rotatable bonds is 11. The van der Waals surface area contributed by atoms with Gasteiger partial charge in [-0.2, -0.15) is 0 Å². The van der Waals surface area contributed by atoms with E-state index >= 15 is 0 Å². The second-order valence-electron chi connectivity index (χ2n) is 10.2. The predicted octanol–water partition coefficient (Wildman–Crippen LogP) is 4.23. The van der Waals surface area contributed by atoms with Crippen molar-refractivity contribution in [2.45, 2.75) is 64.7 Å². The molecular weight excluding hydrogens is 508 g/mol. The standard InChI is InChI=1S/C28H35F2N5O4/c1-15(2)20(34-25(37)22-23(26(38)39)28(22,29)30)11-10-16(3)24(36)19(17(4)31)14-33-27-32-13-12-21(35-27)18-8-6-5-7-9-18/h10-13,18,22-23H,1,5-9,14,31H2,2-4H3,(H,34,37)(H,38,39)(H,32,33,35)/b16-10+,19-17-,20-11+. The molecule has 0 aromatic carbocycles. The summed E-state index contributed by atoms with van der Waals surface area (Å²) >= 11 is 0. The number of halogens is 2. The van der Waals surface area contributed by atoms with E-state index in [2.05, 4.69) is 27.2 Å². The van der Waals surface area contributed by atoms with Crippen LogP contribution < -0.4 is 16.4 Å². The van der Waals surface area contributed by atoms with Crippen LogP contribution in [-0.4, -0.2) is 45.2 Å². The van der Waals surface area contributed by atoms with E-state index in [-0.39, 0.29) is 23.6 Å². The quantitative estimate of drug-likeness (QED) is 0.240. The number of alkyl halides is 2. The molecular formula is C28H35F2N5O4. The largest absolute Gasteiger partial charge is 0.481 e. The normalized spacial score (nSPS) is 22.0. The molecule has 11 heteroatoms. The van der Waals surface area contributed by atoms with Gasteiger partial charge in [-0.25, -0.2) is 18.7 Å². The minimum atomic E-state index is -3.62. The van der Waals surface area contributed by atoms with Gasteiger partial charge in [0.2, 0.25) is 11.9 Å². The maximum absolute atomic E-state index is 13.7. The molecule has 1 aromatic heterocycles. The van der Waals surface area contributed by atoms with Crippen LogP contribution in [0.15, 0.2) is 59.1 Å². The number of anilines is 1. The number of aromatic nitrogens is 2. The van der Waals surface area contributed by atoms with Crippen LogP contribution in [0.3, 0.4) is 0 Å². The number of carboxylic acid groups (broad SMARTS) is 1. The molecule has 0 saturated heterocycles. The van der Waals surface area contributed by atoms with Gasteiger partial charge < -0.3 is 21.5 Å². The van der Waals surface area contributed by atoms with Crippen LogP contribution in [0.1, 0.15) is 64.5 Å². The number of nitrogens with zero attached hydrogens (tertiary/aromatic N) is 2. The zero-order valence-corrected chi connectivity index (χ0v) is 22.4. The summed E-state index contributed by atoms with van der Waals surface area (Å²) in [6.45, 7) is 8.49. The Bertz CT molecular complexity index is 1240. The van der Waals surface area contributed by atoms with Crippen molar-refractivity contribution in [2.24, 2.45) is 17.6 Å². The van der Waals surface area contributed by atoms with Gasteiger partial charge in [-0.1, -0.05) is 31.9 Å². The summed E-state index contributed by atoms with van der Waals surface area (Å²) < 4.78 is 27.5. The number of nitrogens with one attached hydrogen (secondary N) is 2. The van der Waals surface area contributed by atoms with Crippen molar-refractivity contribution in [1.29, 1.82) is 0 Å². The zero-order valence-electron chi connectivity index (χ0n) is 22.4. The topological polar surface area (TPSA) is 147 Å². The summed E-state index contributed by atoms with van der Waals surface area (Å²) in [6, 6.07) is 1.92. The molecule has 1 amide bonds. The smallest absolute Gasteiger partial charge is 0.313 e. The van der Waals surface area contributed by atoms with Crippen LogP contribution in [0, 0.1) is 11.8 Å². The minimum Gasteiger partial charge on any atom is -0.481 e. The molecule has 2 aliphatic rings. The molecule has 5 N–H and O–H groups in total. The molecule has 2 aliphatic carbocycles. The van der Waals surface area contributed by atoms with E-state index in [0.717, 1.165) is 18.5 Å². The van der Waals surface area contributed by atoms with E-state index in [0.29, 0.717) is 28.7 Å². The first-order chi connectivity index (χ1) is 18.3. The van der Waals surface area contributed by atoms with Gasteiger partial charge in [0.1, 0.15) is 11.8 Å². The van der Waals surface area contributed by atoms with Gasteiger partial charge in [-0.15, -0.1) is 0 Å². The number of nitrogens with two attached hydrogens (primary N) is 1. The van der Waals surface area contributed by atoms with E-state index in [9.17, 15) is 23.2 Å². The van der Waals surface area contributed by atoms with Gasteiger partial charge in [-0.05, 0) is 56.9 Å². The molecule has 210 valence electrons. The average molecular weight is 544 g/mol. The van der Waals surface area contributed by atoms with E-state index < -0.39 is 29.6 Å². The Hall–Kier alpha value is -3.89. The molecule has 0 spiro atoms. The fourth-order valence-corrected chi connectivity index (χ4v) is 4.63. The van der Waals surface area contributed by atoms with Crippen LogP contribution in [0.2, 0.25) is 0 Å². The highest BCUT2D eigenvalue weighted by Gasteiger charge is 2.76. The molecule has 2 unspecified atom stereocenters. The summed E-state index contributed by atoms with van der Waals surface area (Å²) in [6.07, 6.45) is 10.2. The minimum absolute atomic E-state index is 0.0834. The van der Waals surface area contributed by atoms with Crippen molar-refractivity contribution in [2.75, 3.05) is 11.9 Å². The Kier molecular flexibility index (Phi) is 9.36. The number of hydrogen-bond donors (Lipinski definition) is 4. The van der Waals surface area contributed by atoms with Crippen molar-refractivity contribution in [3.63, 3.8) is 0 Å². The van der Waals surface area contributed by atoms with E-state index in [1.807, 2.05) is 6.07 Å². The van der Waals surface area contributed by atoms with Gasteiger partial charge in [0, 0.05) is 41.3 Å². The summed E-state index contributed by atoms with van der Waals surface area (Å²) in [5.41, 5.74) is 8.26. The van der Waals surface area contributed by atoms with E-state index in [1.165, 1.54) is 38.3 Å². The third-order valence-corrected chi connectivity index (χ3v) is 7.05. The number of aliphatic carboxylic acids is 1. The number of ketones is 1. The highest BCUT2D eigenvalue weighted by Crippen LogP contribution is 2.55. The van der Waals surface area contributed by atoms with Crippen molar-refractivity contribution >= 4 is 23.6 Å². The average Bonchev–Trinajstić information content (AvgIpc) is 3.48. The van der Waals surface area contributed by atoms with Gasteiger partial charge in [0.25, 0.3) is 5.92 Å². The van der Waals surface area contributed by atoms with Crippen molar-refractivity contribution < 1.29 is 28.3 Å². The first-order valence-corrected chi connectivity index (χ1v) is 12.9. The Balaban J connectivity index is 1.69. The van der Waals surface area contributed by atoms with Gasteiger partial charge in [0.15, 0.2) is 5.78 Å². The fourth-order valence-electron chi connectivity index (χ4n) is 4.63. The summed E-state index contributed by atoms with van der Waals surface area (Å²) in [4.78, 5) is 45.3. The number of carboxylic acids is 1. The number of carbonyl (C=O) groups is 3. The first kappa shape index (κ1) is 29.7. The SMILES string of the molecule is C=C(C)/C(=C\C=C(/C)C(=O)/C(CNc1nccc(C2CCCCC2)n1)=C(/C)N)NC(=O)C1C(C(=O)O)C1(F)F. The molecule has 0 aliphatic heterocycles. The maximum Gasteiger partial charge on any atom is 0.313 e. The second-order valence-corrected chi connectivity index (χ2v) is 10.2. The Morgan fingerprint density at radius 2 is 1.82 bits per heavy atom. The molecule has 2 atom stereocenters. The molecule has 1 aromatic rings. The third kappa shape index (κ3) is 7.15. The first-order valence-electron chi connectivity index (χ1n) is 12.9. The fraction of sp³-hybridized carbons (Fsp3) is 0.464. The Morgan fingerprint density at radius 3 is 2.38 bits per heavy atom. The highest BCUT2D eigenvalue weighted by atomic mass is 19.3. The lowest BCUT2D eigenvalue weighted by Crippen LogP contribution is -2.27. The molecule has 2 saturated carbocycles. The molecule has 9 nitrogen and oxygen atoms in total. The summed E-state index contributed by atoms with van der Waals surface area (Å²) in [5.74, 6) is -10.1. The second kappa shape index (κ2) is 12.3. The van der Waals surface area contributed by atoms with Gasteiger partial charge in [-0.3, -0.25) is 14.4 Å². The summed E-state index contributed by atoms with van der Waals surface area (Å²) in [7, 11) is 0. The monoisotopic (exact) mass is 543 g/mol.